The van der Waals surface area contributed by atoms with E-state index in [2.05, 4.69) is 50.8 Å². The second kappa shape index (κ2) is 6.01. The molecule has 0 fully saturated rings. The molecule has 2 atom stereocenters. The highest BCUT2D eigenvalue weighted by Gasteiger charge is 2.19. The molecular weight excluding hydrogens is 324 g/mol. The van der Waals surface area contributed by atoms with Crippen molar-refractivity contribution in [2.75, 3.05) is 13.7 Å². The molecule has 0 saturated carbocycles. The van der Waals surface area contributed by atoms with Gasteiger partial charge in [-0.3, -0.25) is 4.68 Å². The summed E-state index contributed by atoms with van der Waals surface area (Å²) in [5.41, 5.74) is 1.22. The van der Waals surface area contributed by atoms with Crippen LogP contribution in [0, 0.1) is 0 Å². The van der Waals surface area contributed by atoms with Gasteiger partial charge in [0.1, 0.15) is 0 Å². The second-order valence-electron chi connectivity index (χ2n) is 3.56. The summed E-state index contributed by atoms with van der Waals surface area (Å²) in [5, 5.41) is 4.33. The van der Waals surface area contributed by atoms with Gasteiger partial charge in [-0.1, -0.05) is 29.8 Å². The number of halogens is 2. The van der Waals surface area contributed by atoms with E-state index in [1.807, 2.05) is 10.9 Å². The first kappa shape index (κ1) is 13.2. The smallest absolute Gasteiger partial charge is 0.0658 e. The lowest BCUT2D eigenvalue weighted by atomic mass is 10.1. The second-order valence-corrected chi connectivity index (χ2v) is 5.86. The zero-order valence-electron chi connectivity index (χ0n) is 9.20. The Kier molecular flexibility index (Phi) is 5.29. The number of hydrogen-bond acceptors (Lipinski definition) is 2. The minimum absolute atomic E-state index is 0.415. The van der Waals surface area contributed by atoms with Gasteiger partial charge in [0, 0.05) is 17.9 Å². The van der Waals surface area contributed by atoms with E-state index in [4.69, 9.17) is 4.74 Å². The van der Waals surface area contributed by atoms with E-state index in [9.17, 15) is 0 Å². The van der Waals surface area contributed by atoms with Gasteiger partial charge in [-0.05, 0) is 15.9 Å². The first-order valence-corrected chi connectivity index (χ1v) is 6.63. The van der Waals surface area contributed by atoms with Gasteiger partial charge in [0.15, 0.2) is 0 Å². The third-order valence-electron chi connectivity index (χ3n) is 2.46. The average Bonchev–Trinajstić information content (AvgIpc) is 2.55. The van der Waals surface area contributed by atoms with Crippen LogP contribution in [0.2, 0.25) is 0 Å². The molecule has 1 rings (SSSR count). The molecule has 0 spiro atoms. The largest absolute Gasteiger partial charge is 0.383 e. The van der Waals surface area contributed by atoms with Crippen LogP contribution in [0.1, 0.15) is 25.5 Å². The number of alkyl halides is 1. The van der Waals surface area contributed by atoms with Gasteiger partial charge in [-0.15, -0.1) is 0 Å². The molecule has 0 saturated heterocycles. The van der Waals surface area contributed by atoms with E-state index >= 15 is 0 Å². The SMILES string of the molecule is COCCn1ncc(Br)c1C(C)C(C)Br. The Morgan fingerprint density at radius 3 is 2.73 bits per heavy atom. The molecule has 2 unspecified atom stereocenters. The van der Waals surface area contributed by atoms with Gasteiger partial charge in [-0.25, -0.2) is 0 Å². The molecule has 0 aromatic carbocycles. The predicted molar refractivity (Wildman–Crippen MR) is 68.6 cm³/mol. The molecule has 15 heavy (non-hydrogen) atoms. The summed E-state index contributed by atoms with van der Waals surface area (Å²) < 4.78 is 8.13. The van der Waals surface area contributed by atoms with Crippen molar-refractivity contribution < 1.29 is 4.74 Å². The maximum Gasteiger partial charge on any atom is 0.0658 e. The summed E-state index contributed by atoms with van der Waals surface area (Å²) in [4.78, 5) is 0.423. The number of nitrogens with zero attached hydrogens (tertiary/aromatic N) is 2. The van der Waals surface area contributed by atoms with Crippen LogP contribution in [-0.4, -0.2) is 28.3 Å². The van der Waals surface area contributed by atoms with Crippen LogP contribution in [0.3, 0.4) is 0 Å². The topological polar surface area (TPSA) is 27.1 Å². The Bertz CT molecular complexity index is 312. The third-order valence-corrected chi connectivity index (χ3v) is 3.86. The van der Waals surface area contributed by atoms with Crippen LogP contribution in [0.5, 0.6) is 0 Å². The average molecular weight is 340 g/mol. The first-order chi connectivity index (χ1) is 7.07. The lowest BCUT2D eigenvalue weighted by molar-refractivity contribution is 0.182. The molecular formula is C10H16Br2N2O. The molecule has 1 aromatic heterocycles. The first-order valence-electron chi connectivity index (χ1n) is 4.92. The Hall–Kier alpha value is 0.130. The van der Waals surface area contributed by atoms with Crippen molar-refractivity contribution >= 4 is 31.9 Å². The molecule has 0 N–H and O–H groups in total. The van der Waals surface area contributed by atoms with E-state index in [1.54, 1.807) is 7.11 Å². The number of hydrogen-bond donors (Lipinski definition) is 0. The van der Waals surface area contributed by atoms with Crippen molar-refractivity contribution in [2.24, 2.45) is 0 Å². The van der Waals surface area contributed by atoms with E-state index in [0.717, 1.165) is 11.0 Å². The zero-order chi connectivity index (χ0) is 11.4. The van der Waals surface area contributed by atoms with Gasteiger partial charge >= 0.3 is 0 Å². The maximum absolute atomic E-state index is 5.06. The molecule has 0 aliphatic rings. The summed E-state index contributed by atoms with van der Waals surface area (Å²) in [6.07, 6.45) is 1.84. The fourth-order valence-electron chi connectivity index (χ4n) is 1.40. The summed E-state index contributed by atoms with van der Waals surface area (Å²) in [5.74, 6) is 0.415. The van der Waals surface area contributed by atoms with Crippen molar-refractivity contribution in [2.45, 2.75) is 31.1 Å². The van der Waals surface area contributed by atoms with Crippen LogP contribution >= 0.6 is 31.9 Å². The van der Waals surface area contributed by atoms with Crippen LogP contribution < -0.4 is 0 Å². The van der Waals surface area contributed by atoms with Gasteiger partial charge in [0.05, 0.1) is 29.5 Å². The molecule has 1 heterocycles. The Morgan fingerprint density at radius 1 is 1.53 bits per heavy atom. The molecule has 3 nitrogen and oxygen atoms in total. The molecule has 0 amide bonds. The van der Waals surface area contributed by atoms with Gasteiger partial charge < -0.3 is 4.74 Å². The molecule has 86 valence electrons. The molecule has 0 bridgehead atoms. The van der Waals surface area contributed by atoms with E-state index in [-0.39, 0.29) is 0 Å². The van der Waals surface area contributed by atoms with Gasteiger partial charge in [0.25, 0.3) is 0 Å². The standard InChI is InChI=1S/C10H16Br2N2O/c1-7(8(2)11)10-9(12)6-13-14(10)4-5-15-3/h6-8H,4-5H2,1-3H3. The minimum atomic E-state index is 0.415. The predicted octanol–water partition coefficient (Wildman–Crippen LogP) is 3.18. The summed E-state index contributed by atoms with van der Waals surface area (Å²) in [6.45, 7) is 5.81. The van der Waals surface area contributed by atoms with Crippen molar-refractivity contribution in [3.05, 3.63) is 16.4 Å². The van der Waals surface area contributed by atoms with Crippen LogP contribution in [0.4, 0.5) is 0 Å². The van der Waals surface area contributed by atoms with Crippen LogP contribution in [0.15, 0.2) is 10.7 Å². The third kappa shape index (κ3) is 3.29. The molecule has 1 aromatic rings. The van der Waals surface area contributed by atoms with E-state index < -0.39 is 0 Å². The summed E-state index contributed by atoms with van der Waals surface area (Å²) in [6, 6.07) is 0. The van der Waals surface area contributed by atoms with E-state index in [0.29, 0.717) is 17.4 Å². The fraction of sp³-hybridized carbons (Fsp3) is 0.700. The van der Waals surface area contributed by atoms with Crippen LogP contribution in [0.25, 0.3) is 0 Å². The molecule has 0 aliphatic carbocycles. The number of aromatic nitrogens is 2. The van der Waals surface area contributed by atoms with Gasteiger partial charge in [-0.2, -0.15) is 5.10 Å². The lowest BCUT2D eigenvalue weighted by Crippen LogP contribution is -2.15. The number of ether oxygens (including phenoxy) is 1. The highest BCUT2D eigenvalue weighted by Crippen LogP contribution is 2.30. The van der Waals surface area contributed by atoms with Gasteiger partial charge in [0.2, 0.25) is 0 Å². The highest BCUT2D eigenvalue weighted by atomic mass is 79.9. The Balaban J connectivity index is 2.88. The minimum Gasteiger partial charge on any atom is -0.383 e. The Morgan fingerprint density at radius 2 is 2.20 bits per heavy atom. The van der Waals surface area contributed by atoms with Crippen molar-refractivity contribution in [3.8, 4) is 0 Å². The van der Waals surface area contributed by atoms with Crippen molar-refractivity contribution in [1.29, 1.82) is 0 Å². The fourth-order valence-corrected chi connectivity index (χ4v) is 2.31. The van der Waals surface area contributed by atoms with Crippen LogP contribution in [-0.2, 0) is 11.3 Å². The summed E-state index contributed by atoms with van der Waals surface area (Å²) in [7, 11) is 1.70. The molecule has 5 heteroatoms. The highest BCUT2D eigenvalue weighted by molar-refractivity contribution is 9.10. The lowest BCUT2D eigenvalue weighted by Gasteiger charge is -2.17. The normalized spacial score (nSPS) is 15.3. The van der Waals surface area contributed by atoms with Crippen molar-refractivity contribution in [1.82, 2.24) is 9.78 Å². The van der Waals surface area contributed by atoms with Crippen molar-refractivity contribution in [3.63, 3.8) is 0 Å². The molecule has 0 radical (unpaired) electrons. The monoisotopic (exact) mass is 338 g/mol. The van der Waals surface area contributed by atoms with E-state index in [1.165, 1.54) is 5.69 Å². The summed E-state index contributed by atoms with van der Waals surface area (Å²) >= 11 is 7.14. The Labute approximate surface area is 107 Å². The quantitative estimate of drug-likeness (QED) is 0.770. The number of methoxy groups -OCH3 is 1. The zero-order valence-corrected chi connectivity index (χ0v) is 12.4. The maximum atomic E-state index is 5.06. The molecule has 0 aliphatic heterocycles. The number of rotatable bonds is 5.